The smallest absolute Gasteiger partial charge is 0.238 e. The highest BCUT2D eigenvalue weighted by atomic mass is 16.2. The summed E-state index contributed by atoms with van der Waals surface area (Å²) in [6.45, 7) is 6.46. The maximum Gasteiger partial charge on any atom is 0.238 e. The molecule has 144 valence electrons. The summed E-state index contributed by atoms with van der Waals surface area (Å²) in [5.74, 6) is -0.00517. The van der Waals surface area contributed by atoms with Gasteiger partial charge in [0.1, 0.15) is 0 Å². The lowest BCUT2D eigenvalue weighted by molar-refractivity contribution is -0.117. The van der Waals surface area contributed by atoms with Crippen molar-refractivity contribution in [2.24, 2.45) is 0 Å². The molecule has 28 heavy (non-hydrogen) atoms. The van der Waals surface area contributed by atoms with Gasteiger partial charge in [-0.2, -0.15) is 0 Å². The molecule has 3 heteroatoms. The molecule has 0 saturated carbocycles. The first kappa shape index (κ1) is 19.8. The molecule has 0 aliphatic heterocycles. The third-order valence-corrected chi connectivity index (χ3v) is 5.01. The minimum absolute atomic E-state index is 0.00517. The van der Waals surface area contributed by atoms with Crippen molar-refractivity contribution in [3.05, 3.63) is 101 Å². The third kappa shape index (κ3) is 4.68. The van der Waals surface area contributed by atoms with Crippen molar-refractivity contribution in [1.29, 1.82) is 0 Å². The number of nitrogens with zero attached hydrogens (tertiary/aromatic N) is 1. The number of hydrogen-bond acceptors (Lipinski definition) is 2. The van der Waals surface area contributed by atoms with Gasteiger partial charge < -0.3 is 5.32 Å². The first-order valence-corrected chi connectivity index (χ1v) is 9.63. The van der Waals surface area contributed by atoms with E-state index in [1.54, 1.807) is 0 Å². The van der Waals surface area contributed by atoms with Crippen LogP contribution in [-0.4, -0.2) is 24.4 Å². The van der Waals surface area contributed by atoms with Crippen LogP contribution in [0.5, 0.6) is 0 Å². The average Bonchev–Trinajstić information content (AvgIpc) is 2.66. The van der Waals surface area contributed by atoms with Gasteiger partial charge in [-0.05, 0) is 50.1 Å². The van der Waals surface area contributed by atoms with E-state index < -0.39 is 0 Å². The number of rotatable bonds is 6. The summed E-state index contributed by atoms with van der Waals surface area (Å²) in [5.41, 5.74) is 6.66. The van der Waals surface area contributed by atoms with Gasteiger partial charge in [0.2, 0.25) is 5.91 Å². The number of aryl methyl sites for hydroxylation is 3. The number of likely N-dealkylation sites (N-methyl/N-ethyl adjacent to an activating group) is 1. The first-order valence-electron chi connectivity index (χ1n) is 9.63. The molecule has 0 unspecified atom stereocenters. The lowest BCUT2D eigenvalue weighted by atomic mass is 9.97. The van der Waals surface area contributed by atoms with Crippen molar-refractivity contribution >= 4 is 11.6 Å². The van der Waals surface area contributed by atoms with E-state index in [4.69, 9.17) is 0 Å². The van der Waals surface area contributed by atoms with Crippen LogP contribution in [-0.2, 0) is 4.79 Å². The maximum absolute atomic E-state index is 12.8. The minimum Gasteiger partial charge on any atom is -0.324 e. The number of hydrogen-bond donors (Lipinski definition) is 1. The Morgan fingerprint density at radius 3 is 1.79 bits per heavy atom. The molecule has 0 heterocycles. The third-order valence-electron chi connectivity index (χ3n) is 5.01. The number of carbonyl (C=O) groups excluding carboxylic acids is 1. The fourth-order valence-electron chi connectivity index (χ4n) is 3.85. The van der Waals surface area contributed by atoms with E-state index >= 15 is 0 Å². The van der Waals surface area contributed by atoms with E-state index in [1.165, 1.54) is 16.7 Å². The topological polar surface area (TPSA) is 32.3 Å². The molecule has 3 aromatic rings. The van der Waals surface area contributed by atoms with Gasteiger partial charge in [0, 0.05) is 5.69 Å². The summed E-state index contributed by atoms with van der Waals surface area (Å²) < 4.78 is 0. The highest BCUT2D eigenvalue weighted by Crippen LogP contribution is 2.27. The fraction of sp³-hybridized carbons (Fsp3) is 0.240. The van der Waals surface area contributed by atoms with Crippen molar-refractivity contribution in [3.63, 3.8) is 0 Å². The molecule has 1 N–H and O–H groups in total. The van der Waals surface area contributed by atoms with Gasteiger partial charge in [-0.1, -0.05) is 78.4 Å². The molecule has 3 rings (SSSR count). The standard InChI is InChI=1S/C25H28N2O/c1-18-15-19(2)24(20(3)16-18)26-23(28)17-27(4)25(21-11-7-5-8-12-21)22-13-9-6-10-14-22/h5-16,25H,17H2,1-4H3,(H,26,28). The van der Waals surface area contributed by atoms with E-state index in [9.17, 15) is 4.79 Å². The molecule has 0 aliphatic carbocycles. The number of carbonyl (C=O) groups is 1. The van der Waals surface area contributed by atoms with E-state index in [0.717, 1.165) is 16.8 Å². The molecule has 0 aromatic heterocycles. The Morgan fingerprint density at radius 2 is 1.32 bits per heavy atom. The lowest BCUT2D eigenvalue weighted by Crippen LogP contribution is -2.34. The highest BCUT2D eigenvalue weighted by Gasteiger charge is 2.21. The van der Waals surface area contributed by atoms with Crippen LogP contribution in [0.3, 0.4) is 0 Å². The van der Waals surface area contributed by atoms with Gasteiger partial charge >= 0.3 is 0 Å². The van der Waals surface area contributed by atoms with Crippen LogP contribution >= 0.6 is 0 Å². The minimum atomic E-state index is -0.00517. The van der Waals surface area contributed by atoms with Crippen LogP contribution in [0.2, 0.25) is 0 Å². The second-order valence-electron chi connectivity index (χ2n) is 7.46. The van der Waals surface area contributed by atoms with Crippen LogP contribution in [0.4, 0.5) is 5.69 Å². The van der Waals surface area contributed by atoms with Crippen LogP contribution in [0, 0.1) is 20.8 Å². The van der Waals surface area contributed by atoms with Crippen LogP contribution in [0.15, 0.2) is 72.8 Å². The maximum atomic E-state index is 12.8. The molecule has 0 spiro atoms. The number of amides is 1. The van der Waals surface area contributed by atoms with Crippen molar-refractivity contribution in [1.82, 2.24) is 4.90 Å². The summed E-state index contributed by atoms with van der Waals surface area (Å²) in [6.07, 6.45) is 0. The van der Waals surface area contributed by atoms with Gasteiger partial charge in [-0.25, -0.2) is 0 Å². The lowest BCUT2D eigenvalue weighted by Gasteiger charge is -2.28. The highest BCUT2D eigenvalue weighted by molar-refractivity contribution is 5.93. The average molecular weight is 373 g/mol. The second kappa shape index (κ2) is 8.85. The summed E-state index contributed by atoms with van der Waals surface area (Å²) in [4.78, 5) is 14.9. The Hall–Kier alpha value is -2.91. The Balaban J connectivity index is 1.81. The Labute approximate surface area is 168 Å². The SMILES string of the molecule is Cc1cc(C)c(NC(=O)CN(C)C(c2ccccc2)c2ccccc2)c(C)c1. The number of anilines is 1. The van der Waals surface area contributed by atoms with Gasteiger partial charge in [-0.15, -0.1) is 0 Å². The zero-order valence-corrected chi connectivity index (χ0v) is 17.1. The predicted molar refractivity (Wildman–Crippen MR) is 117 cm³/mol. The molecular weight excluding hydrogens is 344 g/mol. The summed E-state index contributed by atoms with van der Waals surface area (Å²) in [6, 6.07) is 24.9. The number of benzene rings is 3. The predicted octanol–water partition coefficient (Wildman–Crippen LogP) is 5.27. The summed E-state index contributed by atoms with van der Waals surface area (Å²) >= 11 is 0. The quantitative estimate of drug-likeness (QED) is 0.639. The summed E-state index contributed by atoms with van der Waals surface area (Å²) in [7, 11) is 2.00. The molecule has 0 aliphatic rings. The monoisotopic (exact) mass is 372 g/mol. The van der Waals surface area contributed by atoms with Crippen molar-refractivity contribution in [2.45, 2.75) is 26.8 Å². The van der Waals surface area contributed by atoms with Gasteiger partial charge in [0.25, 0.3) is 0 Å². The van der Waals surface area contributed by atoms with Crippen LogP contribution in [0.1, 0.15) is 33.9 Å². The fourth-order valence-corrected chi connectivity index (χ4v) is 3.85. The van der Waals surface area contributed by atoms with E-state index in [0.29, 0.717) is 6.54 Å². The molecule has 0 saturated heterocycles. The van der Waals surface area contributed by atoms with E-state index in [1.807, 2.05) is 57.3 Å². The molecule has 0 radical (unpaired) electrons. The normalized spacial score (nSPS) is 11.1. The van der Waals surface area contributed by atoms with E-state index in [2.05, 4.69) is 53.5 Å². The van der Waals surface area contributed by atoms with Crippen LogP contribution in [0.25, 0.3) is 0 Å². The molecule has 0 atom stereocenters. The Morgan fingerprint density at radius 1 is 0.857 bits per heavy atom. The zero-order valence-electron chi connectivity index (χ0n) is 17.1. The van der Waals surface area contributed by atoms with Crippen molar-refractivity contribution in [2.75, 3.05) is 18.9 Å². The molecule has 3 nitrogen and oxygen atoms in total. The van der Waals surface area contributed by atoms with Crippen molar-refractivity contribution in [3.8, 4) is 0 Å². The number of nitrogens with one attached hydrogen (secondary N) is 1. The molecular formula is C25H28N2O. The Bertz CT molecular complexity index is 873. The van der Waals surface area contributed by atoms with Gasteiger partial charge in [0.05, 0.1) is 12.6 Å². The molecule has 0 fully saturated rings. The first-order chi connectivity index (χ1) is 13.5. The largest absolute Gasteiger partial charge is 0.324 e. The second-order valence-corrected chi connectivity index (χ2v) is 7.46. The zero-order chi connectivity index (χ0) is 20.1. The Kier molecular flexibility index (Phi) is 6.27. The van der Waals surface area contributed by atoms with Crippen molar-refractivity contribution < 1.29 is 4.79 Å². The van der Waals surface area contributed by atoms with E-state index in [-0.39, 0.29) is 11.9 Å². The van der Waals surface area contributed by atoms with Crippen LogP contribution < -0.4 is 5.32 Å². The van der Waals surface area contributed by atoms with Gasteiger partial charge in [-0.3, -0.25) is 9.69 Å². The molecule has 3 aromatic carbocycles. The molecule has 1 amide bonds. The summed E-state index contributed by atoms with van der Waals surface area (Å²) in [5, 5.41) is 3.11. The van der Waals surface area contributed by atoms with Gasteiger partial charge in [0.15, 0.2) is 0 Å². The molecule has 0 bridgehead atoms.